The molecule has 180 valence electrons. The van der Waals surface area contributed by atoms with Crippen molar-refractivity contribution >= 4 is 5.82 Å². The molecule has 1 aliphatic rings. The first-order chi connectivity index (χ1) is 16.3. The predicted molar refractivity (Wildman–Crippen MR) is 138 cm³/mol. The Bertz CT molecular complexity index is 1190. The Balaban J connectivity index is 1.53. The molecule has 1 aromatic carbocycles. The lowest BCUT2D eigenvalue weighted by Crippen LogP contribution is -2.36. The first-order valence-corrected chi connectivity index (χ1v) is 12.4. The summed E-state index contributed by atoms with van der Waals surface area (Å²) in [6.07, 6.45) is 10.5. The van der Waals surface area contributed by atoms with Crippen molar-refractivity contribution in [3.05, 3.63) is 59.0 Å². The third-order valence-electron chi connectivity index (χ3n) is 7.42. The first kappa shape index (κ1) is 24.0. The van der Waals surface area contributed by atoms with E-state index in [2.05, 4.69) is 36.0 Å². The van der Waals surface area contributed by atoms with Crippen molar-refractivity contribution in [3.8, 4) is 28.1 Å². The van der Waals surface area contributed by atoms with Gasteiger partial charge in [0.25, 0.3) is 5.56 Å². The van der Waals surface area contributed by atoms with E-state index in [4.69, 9.17) is 0 Å². The van der Waals surface area contributed by atoms with E-state index in [1.54, 1.807) is 25.4 Å². The van der Waals surface area contributed by atoms with E-state index in [1.807, 2.05) is 30.3 Å². The molecule has 0 bridgehead atoms. The normalized spacial score (nSPS) is 20.6. The molecule has 2 aromatic heterocycles. The Kier molecular flexibility index (Phi) is 7.05. The predicted octanol–water partition coefficient (Wildman–Crippen LogP) is 5.79. The molecular formula is C28H36N4O2. The standard InChI is InChI=1S/C28H36N4O2/c1-5-14-28(2)15-7-6-8-22(19-28)32(4)26-12-11-24(29-30-26)23-10-9-20(17-25(23)33)21-13-16-31(3)27(34)18-21/h9-13,16-18,22,33H,5-8,14-15,19H2,1-4H3/t22-,28+/m0/s1. The minimum absolute atomic E-state index is 0.0877. The zero-order valence-electron chi connectivity index (χ0n) is 20.8. The molecule has 1 saturated carbocycles. The molecule has 34 heavy (non-hydrogen) atoms. The maximum Gasteiger partial charge on any atom is 0.250 e. The number of phenolic OH excluding ortho intramolecular Hbond substituents is 1. The summed E-state index contributed by atoms with van der Waals surface area (Å²) in [6.45, 7) is 4.72. The number of pyridine rings is 1. The molecule has 6 nitrogen and oxygen atoms in total. The molecule has 0 spiro atoms. The van der Waals surface area contributed by atoms with Crippen molar-refractivity contribution < 1.29 is 5.11 Å². The molecule has 1 fully saturated rings. The van der Waals surface area contributed by atoms with Crippen molar-refractivity contribution in [3.63, 3.8) is 0 Å². The number of rotatable bonds is 6. The summed E-state index contributed by atoms with van der Waals surface area (Å²) >= 11 is 0. The van der Waals surface area contributed by atoms with Crippen LogP contribution in [-0.2, 0) is 7.05 Å². The van der Waals surface area contributed by atoms with Crippen LogP contribution in [0.3, 0.4) is 0 Å². The highest BCUT2D eigenvalue weighted by Crippen LogP contribution is 2.40. The third-order valence-corrected chi connectivity index (χ3v) is 7.42. The lowest BCUT2D eigenvalue weighted by Gasteiger charge is -2.35. The van der Waals surface area contributed by atoms with Gasteiger partial charge in [-0.25, -0.2) is 0 Å². The van der Waals surface area contributed by atoms with Gasteiger partial charge in [0, 0.05) is 38.0 Å². The maximum absolute atomic E-state index is 12.0. The van der Waals surface area contributed by atoms with Crippen LogP contribution in [0, 0.1) is 5.41 Å². The van der Waals surface area contributed by atoms with Crippen LogP contribution in [0.4, 0.5) is 5.82 Å². The second-order valence-electron chi connectivity index (χ2n) is 10.1. The van der Waals surface area contributed by atoms with Crippen molar-refractivity contribution in [1.29, 1.82) is 0 Å². The average molecular weight is 461 g/mol. The Morgan fingerprint density at radius 3 is 2.59 bits per heavy atom. The van der Waals surface area contributed by atoms with E-state index in [1.165, 1.54) is 49.5 Å². The van der Waals surface area contributed by atoms with E-state index in [-0.39, 0.29) is 11.3 Å². The van der Waals surface area contributed by atoms with Gasteiger partial charge in [0.05, 0.1) is 5.69 Å². The minimum atomic E-state index is -0.0877. The second-order valence-corrected chi connectivity index (χ2v) is 10.1. The molecule has 6 heteroatoms. The van der Waals surface area contributed by atoms with E-state index < -0.39 is 0 Å². The van der Waals surface area contributed by atoms with Crippen LogP contribution < -0.4 is 10.5 Å². The highest BCUT2D eigenvalue weighted by atomic mass is 16.3. The van der Waals surface area contributed by atoms with Gasteiger partial charge in [-0.15, -0.1) is 10.2 Å². The molecule has 0 radical (unpaired) electrons. The van der Waals surface area contributed by atoms with Crippen molar-refractivity contribution in [2.24, 2.45) is 12.5 Å². The Morgan fingerprint density at radius 2 is 1.91 bits per heavy atom. The molecule has 0 aliphatic heterocycles. The van der Waals surface area contributed by atoms with Crippen LogP contribution in [0.5, 0.6) is 5.75 Å². The summed E-state index contributed by atoms with van der Waals surface area (Å²) in [7, 11) is 3.84. The Hall–Kier alpha value is -3.15. The summed E-state index contributed by atoms with van der Waals surface area (Å²) in [5.74, 6) is 0.985. The van der Waals surface area contributed by atoms with E-state index >= 15 is 0 Å². The molecule has 4 rings (SSSR count). The molecular weight excluding hydrogens is 424 g/mol. The monoisotopic (exact) mass is 460 g/mol. The van der Waals surface area contributed by atoms with Gasteiger partial charge in [-0.1, -0.05) is 39.2 Å². The molecule has 3 aromatic rings. The Labute approximate surface area is 202 Å². The molecule has 1 aliphatic carbocycles. The van der Waals surface area contributed by atoms with Gasteiger partial charge in [0.15, 0.2) is 5.82 Å². The van der Waals surface area contributed by atoms with Crippen LogP contribution in [-0.4, -0.2) is 33.0 Å². The topological polar surface area (TPSA) is 71.2 Å². The van der Waals surface area contributed by atoms with E-state index in [9.17, 15) is 9.90 Å². The summed E-state index contributed by atoms with van der Waals surface area (Å²) in [5.41, 5.74) is 3.11. The summed E-state index contributed by atoms with van der Waals surface area (Å²) in [6, 6.07) is 13.2. The molecule has 2 atom stereocenters. The van der Waals surface area contributed by atoms with Gasteiger partial charge in [0.2, 0.25) is 0 Å². The van der Waals surface area contributed by atoms with Crippen molar-refractivity contribution in [1.82, 2.24) is 14.8 Å². The fraction of sp³-hybridized carbons (Fsp3) is 0.464. The highest BCUT2D eigenvalue weighted by molar-refractivity contribution is 5.74. The number of aryl methyl sites for hydroxylation is 1. The van der Waals surface area contributed by atoms with Gasteiger partial charge < -0.3 is 14.6 Å². The largest absolute Gasteiger partial charge is 0.507 e. The molecule has 0 saturated heterocycles. The number of aromatic hydroxyl groups is 1. The third kappa shape index (κ3) is 5.16. The van der Waals surface area contributed by atoms with Crippen LogP contribution in [0.1, 0.15) is 58.8 Å². The SMILES string of the molecule is CCC[C@]1(C)CCCC[C@H](N(C)c2ccc(-c3ccc(-c4ccn(C)c(=O)c4)cc3O)nn2)C1. The van der Waals surface area contributed by atoms with Gasteiger partial charge in [-0.3, -0.25) is 4.79 Å². The summed E-state index contributed by atoms with van der Waals surface area (Å²) in [5, 5.41) is 19.7. The van der Waals surface area contributed by atoms with Crippen molar-refractivity contribution in [2.75, 3.05) is 11.9 Å². The molecule has 0 amide bonds. The molecule has 1 N–H and O–H groups in total. The van der Waals surface area contributed by atoms with Crippen LogP contribution in [0.2, 0.25) is 0 Å². The number of aromatic nitrogens is 3. The smallest absolute Gasteiger partial charge is 0.250 e. The maximum atomic E-state index is 12.0. The van der Waals surface area contributed by atoms with Crippen LogP contribution in [0.25, 0.3) is 22.4 Å². The zero-order chi connectivity index (χ0) is 24.3. The van der Waals surface area contributed by atoms with Gasteiger partial charge in [0.1, 0.15) is 5.75 Å². The Morgan fingerprint density at radius 1 is 1.12 bits per heavy atom. The quantitative estimate of drug-likeness (QED) is 0.472. The fourth-order valence-corrected chi connectivity index (χ4v) is 5.37. The average Bonchev–Trinajstić information content (AvgIpc) is 3.02. The minimum Gasteiger partial charge on any atom is -0.507 e. The first-order valence-electron chi connectivity index (χ1n) is 12.4. The summed E-state index contributed by atoms with van der Waals surface area (Å²) in [4.78, 5) is 14.2. The number of phenols is 1. The van der Waals surface area contributed by atoms with Gasteiger partial charge >= 0.3 is 0 Å². The lowest BCUT2D eigenvalue weighted by atomic mass is 9.77. The molecule has 2 heterocycles. The summed E-state index contributed by atoms with van der Waals surface area (Å²) < 4.78 is 1.52. The second kappa shape index (κ2) is 10.00. The zero-order valence-corrected chi connectivity index (χ0v) is 20.8. The van der Waals surface area contributed by atoms with Crippen molar-refractivity contribution in [2.45, 2.75) is 64.8 Å². The van der Waals surface area contributed by atoms with Crippen LogP contribution >= 0.6 is 0 Å². The number of benzene rings is 1. The highest BCUT2D eigenvalue weighted by Gasteiger charge is 2.32. The van der Waals surface area contributed by atoms with Crippen LogP contribution in [0.15, 0.2) is 53.5 Å². The number of anilines is 1. The van der Waals surface area contributed by atoms with Gasteiger partial charge in [-0.05, 0) is 72.6 Å². The van der Waals surface area contributed by atoms with E-state index in [0.29, 0.717) is 22.7 Å². The van der Waals surface area contributed by atoms with E-state index in [0.717, 1.165) is 16.9 Å². The molecule has 0 unspecified atom stereocenters. The fourth-order valence-electron chi connectivity index (χ4n) is 5.37. The lowest BCUT2D eigenvalue weighted by molar-refractivity contribution is 0.238. The number of nitrogens with zero attached hydrogens (tertiary/aromatic N) is 4. The number of hydrogen-bond donors (Lipinski definition) is 1. The number of hydrogen-bond acceptors (Lipinski definition) is 5. The van der Waals surface area contributed by atoms with Gasteiger partial charge in [-0.2, -0.15) is 0 Å².